The van der Waals surface area contributed by atoms with E-state index >= 15 is 0 Å². The molecule has 2 heterocycles. The molecule has 1 atom stereocenters. The molecule has 0 aromatic rings. The Bertz CT molecular complexity index is 201. The highest BCUT2D eigenvalue weighted by Crippen LogP contribution is 2.29. The third kappa shape index (κ3) is 3.21. The summed E-state index contributed by atoms with van der Waals surface area (Å²) in [6, 6.07) is 0. The molecule has 1 N–H and O–H groups in total. The number of hydrogen-bond acceptors (Lipinski definition) is 2. The maximum absolute atomic E-state index is 3.68. The topological polar surface area (TPSA) is 15.3 Å². The Balaban J connectivity index is 1.67. The number of piperidine rings is 1. The second-order valence-electron chi connectivity index (χ2n) is 6.01. The summed E-state index contributed by atoms with van der Waals surface area (Å²) < 4.78 is 0. The highest BCUT2D eigenvalue weighted by Gasteiger charge is 2.29. The lowest BCUT2D eigenvalue weighted by molar-refractivity contribution is 0.177. The van der Waals surface area contributed by atoms with Crippen molar-refractivity contribution in [3.63, 3.8) is 0 Å². The molecule has 16 heavy (non-hydrogen) atoms. The molecular formula is C14H28N2. The summed E-state index contributed by atoms with van der Waals surface area (Å²) in [5, 5.41) is 3.68. The Labute approximate surface area is 101 Å². The van der Waals surface area contributed by atoms with Gasteiger partial charge in [0.1, 0.15) is 0 Å². The van der Waals surface area contributed by atoms with Crippen LogP contribution in [0.2, 0.25) is 0 Å². The molecule has 0 bridgehead atoms. The van der Waals surface area contributed by atoms with Crippen molar-refractivity contribution in [3.8, 4) is 0 Å². The second-order valence-corrected chi connectivity index (χ2v) is 6.01. The fourth-order valence-electron chi connectivity index (χ4n) is 3.28. The first-order chi connectivity index (χ1) is 7.72. The third-order valence-electron chi connectivity index (χ3n) is 4.72. The van der Waals surface area contributed by atoms with Gasteiger partial charge in [0, 0.05) is 5.54 Å². The lowest BCUT2D eigenvalue weighted by Crippen LogP contribution is -2.38. The molecule has 2 rings (SSSR count). The van der Waals surface area contributed by atoms with Gasteiger partial charge in [-0.2, -0.15) is 0 Å². The molecule has 2 aliphatic rings. The number of nitrogens with zero attached hydrogens (tertiary/aromatic N) is 1. The van der Waals surface area contributed by atoms with Crippen LogP contribution in [0.15, 0.2) is 0 Å². The van der Waals surface area contributed by atoms with E-state index in [1.807, 2.05) is 0 Å². The van der Waals surface area contributed by atoms with Gasteiger partial charge in [-0.1, -0.05) is 6.92 Å². The first-order valence-corrected chi connectivity index (χ1v) is 7.19. The van der Waals surface area contributed by atoms with Crippen LogP contribution in [0, 0.1) is 5.92 Å². The van der Waals surface area contributed by atoms with Gasteiger partial charge in [0.2, 0.25) is 0 Å². The van der Waals surface area contributed by atoms with Gasteiger partial charge >= 0.3 is 0 Å². The zero-order chi connectivity index (χ0) is 11.4. The molecule has 2 fully saturated rings. The Kier molecular flexibility index (Phi) is 4.26. The van der Waals surface area contributed by atoms with Crippen molar-refractivity contribution < 1.29 is 0 Å². The van der Waals surface area contributed by atoms with Crippen LogP contribution in [0.25, 0.3) is 0 Å². The van der Waals surface area contributed by atoms with Crippen molar-refractivity contribution in [3.05, 3.63) is 0 Å². The number of rotatable bonds is 4. The lowest BCUT2D eigenvalue weighted by Gasteiger charge is -2.33. The zero-order valence-corrected chi connectivity index (χ0v) is 11.1. The van der Waals surface area contributed by atoms with E-state index in [4.69, 9.17) is 0 Å². The lowest BCUT2D eigenvalue weighted by atomic mass is 9.85. The summed E-state index contributed by atoms with van der Waals surface area (Å²) in [5.74, 6) is 1.00. The molecule has 0 spiro atoms. The van der Waals surface area contributed by atoms with Crippen LogP contribution in [0.1, 0.15) is 52.4 Å². The van der Waals surface area contributed by atoms with E-state index in [-0.39, 0.29) is 0 Å². The van der Waals surface area contributed by atoms with Crippen molar-refractivity contribution in [2.45, 2.75) is 57.9 Å². The quantitative estimate of drug-likeness (QED) is 0.790. The van der Waals surface area contributed by atoms with E-state index < -0.39 is 0 Å². The van der Waals surface area contributed by atoms with Crippen LogP contribution in [0.5, 0.6) is 0 Å². The van der Waals surface area contributed by atoms with E-state index in [0.29, 0.717) is 5.54 Å². The van der Waals surface area contributed by atoms with E-state index in [9.17, 15) is 0 Å². The molecule has 2 saturated heterocycles. The van der Waals surface area contributed by atoms with Crippen molar-refractivity contribution in [2.75, 3.05) is 26.2 Å². The monoisotopic (exact) mass is 224 g/mol. The van der Waals surface area contributed by atoms with E-state index in [1.54, 1.807) is 0 Å². The average Bonchev–Trinajstić information content (AvgIpc) is 2.75. The Hall–Kier alpha value is -0.0800. The molecule has 0 aromatic carbocycles. The van der Waals surface area contributed by atoms with Crippen LogP contribution >= 0.6 is 0 Å². The highest BCUT2D eigenvalue weighted by atomic mass is 15.1. The molecule has 0 amide bonds. The van der Waals surface area contributed by atoms with Crippen LogP contribution in [-0.2, 0) is 0 Å². The third-order valence-corrected chi connectivity index (χ3v) is 4.72. The molecule has 94 valence electrons. The summed E-state index contributed by atoms with van der Waals surface area (Å²) in [6.45, 7) is 9.86. The summed E-state index contributed by atoms with van der Waals surface area (Å²) in [7, 11) is 0. The summed E-state index contributed by atoms with van der Waals surface area (Å²) in [5.41, 5.74) is 0.474. The molecule has 0 aromatic heterocycles. The molecule has 2 aliphatic heterocycles. The normalized spacial score (nSPS) is 33.4. The Morgan fingerprint density at radius 2 is 2.06 bits per heavy atom. The summed E-state index contributed by atoms with van der Waals surface area (Å²) >= 11 is 0. The van der Waals surface area contributed by atoms with Gasteiger partial charge in [-0.15, -0.1) is 0 Å². The molecular weight excluding hydrogens is 196 g/mol. The van der Waals surface area contributed by atoms with Crippen molar-refractivity contribution in [1.29, 1.82) is 0 Å². The van der Waals surface area contributed by atoms with Gasteiger partial charge in [0.25, 0.3) is 0 Å². The largest absolute Gasteiger partial charge is 0.312 e. The first kappa shape index (κ1) is 12.4. The van der Waals surface area contributed by atoms with Gasteiger partial charge in [0.15, 0.2) is 0 Å². The fourth-order valence-corrected chi connectivity index (χ4v) is 3.28. The number of hydrogen-bond donors (Lipinski definition) is 1. The maximum Gasteiger partial charge on any atom is 0.0153 e. The van der Waals surface area contributed by atoms with Crippen molar-refractivity contribution in [1.82, 2.24) is 10.2 Å². The second kappa shape index (κ2) is 5.50. The van der Waals surface area contributed by atoms with Gasteiger partial charge in [0.05, 0.1) is 0 Å². The maximum atomic E-state index is 3.68. The van der Waals surface area contributed by atoms with Gasteiger partial charge < -0.3 is 10.2 Å². The zero-order valence-electron chi connectivity index (χ0n) is 11.1. The number of likely N-dealkylation sites (tertiary alicyclic amines) is 1. The summed E-state index contributed by atoms with van der Waals surface area (Å²) in [4.78, 5) is 2.59. The minimum Gasteiger partial charge on any atom is -0.312 e. The van der Waals surface area contributed by atoms with Gasteiger partial charge in [-0.05, 0) is 77.5 Å². The highest BCUT2D eigenvalue weighted by molar-refractivity contribution is 4.89. The predicted molar refractivity (Wildman–Crippen MR) is 69.7 cm³/mol. The first-order valence-electron chi connectivity index (χ1n) is 7.19. The van der Waals surface area contributed by atoms with Crippen LogP contribution in [-0.4, -0.2) is 36.6 Å². The smallest absolute Gasteiger partial charge is 0.0153 e. The minimum absolute atomic E-state index is 0.474. The van der Waals surface area contributed by atoms with Crippen molar-refractivity contribution in [2.24, 2.45) is 5.92 Å². The van der Waals surface area contributed by atoms with Crippen molar-refractivity contribution >= 4 is 0 Å². The van der Waals surface area contributed by atoms with E-state index in [2.05, 4.69) is 24.1 Å². The van der Waals surface area contributed by atoms with E-state index in [1.165, 1.54) is 64.7 Å². The standard InChI is InChI=1S/C14H28N2/c1-3-16-11-6-13(7-12-16)5-9-14(2)8-4-10-15-14/h13,15H,3-12H2,1-2H3. The van der Waals surface area contributed by atoms with Crippen LogP contribution in [0.4, 0.5) is 0 Å². The molecule has 0 aliphatic carbocycles. The van der Waals surface area contributed by atoms with Crippen LogP contribution < -0.4 is 5.32 Å². The Morgan fingerprint density at radius 1 is 1.31 bits per heavy atom. The molecule has 2 nitrogen and oxygen atoms in total. The summed E-state index contributed by atoms with van der Waals surface area (Å²) in [6.07, 6.45) is 8.48. The predicted octanol–water partition coefficient (Wildman–Crippen LogP) is 2.64. The minimum atomic E-state index is 0.474. The van der Waals surface area contributed by atoms with E-state index in [0.717, 1.165) is 5.92 Å². The molecule has 0 radical (unpaired) electrons. The SMILES string of the molecule is CCN1CCC(CCC2(C)CCCN2)CC1. The molecule has 1 unspecified atom stereocenters. The van der Waals surface area contributed by atoms with Gasteiger partial charge in [-0.25, -0.2) is 0 Å². The average molecular weight is 224 g/mol. The Morgan fingerprint density at radius 3 is 2.62 bits per heavy atom. The fraction of sp³-hybridized carbons (Fsp3) is 1.00. The molecule has 0 saturated carbocycles. The van der Waals surface area contributed by atoms with Gasteiger partial charge in [-0.3, -0.25) is 0 Å². The molecule has 2 heteroatoms. The number of nitrogens with one attached hydrogen (secondary N) is 1. The van der Waals surface area contributed by atoms with Crippen LogP contribution in [0.3, 0.4) is 0 Å².